The lowest BCUT2D eigenvalue weighted by atomic mass is 10.1. The van der Waals surface area contributed by atoms with Gasteiger partial charge in [0, 0.05) is 6.26 Å². The Morgan fingerprint density at radius 3 is 2.29 bits per heavy atom. The highest BCUT2D eigenvalue weighted by atomic mass is 32.2. The van der Waals surface area contributed by atoms with Gasteiger partial charge in [-0.3, -0.25) is 4.21 Å². The Labute approximate surface area is 82.4 Å². The molecule has 0 aromatic heterocycles. The zero-order chi connectivity index (χ0) is 10.9. The Morgan fingerprint density at radius 2 is 1.86 bits per heavy atom. The molecule has 1 aromatic rings. The Balaban J connectivity index is 3.38. The molecular weight excluding hydrogens is 213 g/mol. The highest BCUT2D eigenvalue weighted by Crippen LogP contribution is 2.33. The summed E-state index contributed by atoms with van der Waals surface area (Å²) in [6.45, 7) is 1.57. The van der Waals surface area contributed by atoms with Crippen molar-refractivity contribution in [2.45, 2.75) is 18.0 Å². The number of alkyl halides is 3. The third-order valence-corrected chi connectivity index (χ3v) is 2.73. The van der Waals surface area contributed by atoms with Crippen molar-refractivity contribution in [3.63, 3.8) is 0 Å². The van der Waals surface area contributed by atoms with Gasteiger partial charge < -0.3 is 0 Å². The predicted octanol–water partition coefficient (Wildman–Crippen LogP) is 2.75. The maximum atomic E-state index is 12.5. The van der Waals surface area contributed by atoms with Crippen molar-refractivity contribution in [3.05, 3.63) is 29.3 Å². The quantitative estimate of drug-likeness (QED) is 0.714. The van der Waals surface area contributed by atoms with Crippen LogP contribution in [0, 0.1) is 6.92 Å². The Bertz CT molecular complexity index is 371. The second-order valence-electron chi connectivity index (χ2n) is 2.95. The fraction of sp³-hybridized carbons (Fsp3) is 0.333. The summed E-state index contributed by atoms with van der Waals surface area (Å²) in [5, 5.41) is 0. The van der Waals surface area contributed by atoms with Gasteiger partial charge >= 0.3 is 6.18 Å². The topological polar surface area (TPSA) is 17.1 Å². The average molecular weight is 222 g/mol. The highest BCUT2D eigenvalue weighted by Gasteiger charge is 2.34. The van der Waals surface area contributed by atoms with Crippen LogP contribution in [0.5, 0.6) is 0 Å². The lowest BCUT2D eigenvalue weighted by molar-refractivity contribution is -0.139. The summed E-state index contributed by atoms with van der Waals surface area (Å²) in [6, 6.07) is 3.79. The number of benzene rings is 1. The molecule has 0 radical (unpaired) electrons. The van der Waals surface area contributed by atoms with Gasteiger partial charge in [0.25, 0.3) is 0 Å². The summed E-state index contributed by atoms with van der Waals surface area (Å²) in [6.07, 6.45) is -3.20. The summed E-state index contributed by atoms with van der Waals surface area (Å²) in [5.41, 5.74) is -0.301. The number of hydrogen-bond donors (Lipinski definition) is 0. The molecule has 1 unspecified atom stereocenters. The first-order valence-corrected chi connectivity index (χ1v) is 5.39. The second kappa shape index (κ2) is 3.73. The molecule has 0 saturated heterocycles. The number of rotatable bonds is 1. The molecular formula is C9H9F3OS. The molecule has 0 bridgehead atoms. The third-order valence-electron chi connectivity index (χ3n) is 1.75. The van der Waals surface area contributed by atoms with E-state index in [1.165, 1.54) is 18.4 Å². The minimum absolute atomic E-state index is 0.164. The average Bonchev–Trinajstić information content (AvgIpc) is 2.01. The van der Waals surface area contributed by atoms with E-state index in [2.05, 4.69) is 0 Å². The summed E-state index contributed by atoms with van der Waals surface area (Å²) in [7, 11) is -1.62. The molecule has 14 heavy (non-hydrogen) atoms. The van der Waals surface area contributed by atoms with Crippen LogP contribution in [-0.2, 0) is 17.0 Å². The van der Waals surface area contributed by atoms with Gasteiger partial charge in [-0.15, -0.1) is 0 Å². The van der Waals surface area contributed by atoms with Crippen molar-refractivity contribution in [1.82, 2.24) is 0 Å². The van der Waals surface area contributed by atoms with E-state index in [0.717, 1.165) is 6.07 Å². The largest absolute Gasteiger partial charge is 0.417 e. The molecule has 0 heterocycles. The first-order valence-electron chi connectivity index (χ1n) is 3.83. The Kier molecular flexibility index (Phi) is 2.99. The normalized spacial score (nSPS) is 14.1. The van der Waals surface area contributed by atoms with Gasteiger partial charge in [-0.1, -0.05) is 11.6 Å². The van der Waals surface area contributed by atoms with Gasteiger partial charge in [0.1, 0.15) is 0 Å². The van der Waals surface area contributed by atoms with Crippen molar-refractivity contribution in [2.75, 3.05) is 6.26 Å². The summed E-state index contributed by atoms with van der Waals surface area (Å²) < 4.78 is 48.4. The van der Waals surface area contributed by atoms with Crippen molar-refractivity contribution in [2.24, 2.45) is 0 Å². The first kappa shape index (κ1) is 11.2. The van der Waals surface area contributed by atoms with Crippen LogP contribution in [0.2, 0.25) is 0 Å². The third kappa shape index (κ3) is 2.35. The van der Waals surface area contributed by atoms with Crippen LogP contribution in [-0.4, -0.2) is 10.5 Å². The van der Waals surface area contributed by atoms with Gasteiger partial charge in [0.15, 0.2) is 0 Å². The van der Waals surface area contributed by atoms with E-state index in [0.29, 0.717) is 5.56 Å². The molecule has 0 spiro atoms. The van der Waals surface area contributed by atoms with E-state index in [9.17, 15) is 17.4 Å². The lowest BCUT2D eigenvalue weighted by Gasteiger charge is -2.11. The molecule has 0 aliphatic rings. The second-order valence-corrected chi connectivity index (χ2v) is 4.30. The molecule has 0 fully saturated rings. The van der Waals surface area contributed by atoms with Crippen LogP contribution < -0.4 is 0 Å². The molecule has 0 N–H and O–H groups in total. The zero-order valence-electron chi connectivity index (χ0n) is 7.68. The molecule has 0 aliphatic heterocycles. The van der Waals surface area contributed by atoms with Crippen molar-refractivity contribution < 1.29 is 17.4 Å². The maximum Gasteiger partial charge on any atom is 0.417 e. The van der Waals surface area contributed by atoms with Crippen LogP contribution in [0.1, 0.15) is 11.1 Å². The molecule has 0 aliphatic carbocycles. The standard InChI is InChI=1S/C9H9F3OS/c1-6-3-4-8(14(2)13)7(5-6)9(10,11)12/h3-5H,1-2H3. The summed E-state index contributed by atoms with van der Waals surface area (Å²) in [5.74, 6) is 0. The van der Waals surface area contributed by atoms with E-state index in [4.69, 9.17) is 0 Å². The van der Waals surface area contributed by atoms with E-state index >= 15 is 0 Å². The summed E-state index contributed by atoms with van der Waals surface area (Å²) in [4.78, 5) is -0.164. The van der Waals surface area contributed by atoms with Gasteiger partial charge in [0.2, 0.25) is 0 Å². The van der Waals surface area contributed by atoms with Gasteiger partial charge in [-0.05, 0) is 19.1 Å². The number of aryl methyl sites for hydroxylation is 1. The van der Waals surface area contributed by atoms with Crippen molar-refractivity contribution in [1.29, 1.82) is 0 Å². The molecule has 78 valence electrons. The van der Waals surface area contributed by atoms with Gasteiger partial charge in [-0.25, -0.2) is 0 Å². The van der Waals surface area contributed by atoms with E-state index < -0.39 is 22.5 Å². The van der Waals surface area contributed by atoms with Crippen molar-refractivity contribution >= 4 is 10.8 Å². The lowest BCUT2D eigenvalue weighted by Crippen LogP contribution is -2.10. The van der Waals surface area contributed by atoms with Crippen LogP contribution in [0.4, 0.5) is 13.2 Å². The molecule has 1 rings (SSSR count). The minimum Gasteiger partial charge on any atom is -0.255 e. The smallest absolute Gasteiger partial charge is 0.255 e. The molecule has 0 saturated carbocycles. The van der Waals surface area contributed by atoms with E-state index in [1.54, 1.807) is 6.92 Å². The van der Waals surface area contributed by atoms with Crippen LogP contribution in [0.15, 0.2) is 23.1 Å². The van der Waals surface area contributed by atoms with E-state index in [1.807, 2.05) is 0 Å². The van der Waals surface area contributed by atoms with Crippen molar-refractivity contribution in [3.8, 4) is 0 Å². The molecule has 5 heteroatoms. The zero-order valence-corrected chi connectivity index (χ0v) is 8.50. The van der Waals surface area contributed by atoms with Gasteiger partial charge in [0.05, 0.1) is 21.3 Å². The predicted molar refractivity (Wildman–Crippen MR) is 48.5 cm³/mol. The van der Waals surface area contributed by atoms with E-state index in [-0.39, 0.29) is 4.90 Å². The number of halogens is 3. The first-order chi connectivity index (χ1) is 6.32. The summed E-state index contributed by atoms with van der Waals surface area (Å²) >= 11 is 0. The number of hydrogen-bond acceptors (Lipinski definition) is 1. The van der Waals surface area contributed by atoms with Crippen LogP contribution in [0.25, 0.3) is 0 Å². The molecule has 1 atom stereocenters. The highest BCUT2D eigenvalue weighted by molar-refractivity contribution is 7.84. The SMILES string of the molecule is Cc1ccc(S(C)=O)c(C(F)(F)F)c1. The fourth-order valence-corrected chi connectivity index (χ4v) is 1.86. The maximum absolute atomic E-state index is 12.5. The monoisotopic (exact) mass is 222 g/mol. The van der Waals surface area contributed by atoms with Gasteiger partial charge in [-0.2, -0.15) is 13.2 Å². The van der Waals surface area contributed by atoms with Crippen LogP contribution in [0.3, 0.4) is 0 Å². The molecule has 0 amide bonds. The Hall–Kier alpha value is -0.840. The minimum atomic E-state index is -4.44. The fourth-order valence-electron chi connectivity index (χ4n) is 1.12. The molecule has 1 aromatic carbocycles. The Morgan fingerprint density at radius 1 is 1.29 bits per heavy atom. The molecule has 1 nitrogen and oxygen atoms in total. The van der Waals surface area contributed by atoms with Crippen LogP contribution >= 0.6 is 0 Å².